The van der Waals surface area contributed by atoms with Crippen LogP contribution in [-0.2, 0) is 13.5 Å². The standard InChI is InChI=1S/C22H20N4O/c1-3-20-23-19-11-7-8-16(12-13-17-14-15-25(2)24-17)21(19)22(27)26(20)18-9-5-4-6-10-18/h4-15H,3H2,1-2H3/b13-12+. The first-order valence-corrected chi connectivity index (χ1v) is 8.95. The van der Waals surface area contributed by atoms with Gasteiger partial charge in [-0.25, -0.2) is 4.98 Å². The van der Waals surface area contributed by atoms with E-state index in [9.17, 15) is 4.79 Å². The molecule has 0 aliphatic heterocycles. The lowest BCUT2D eigenvalue weighted by Gasteiger charge is -2.13. The molecule has 0 radical (unpaired) electrons. The summed E-state index contributed by atoms with van der Waals surface area (Å²) in [5, 5.41) is 4.97. The molecule has 2 heterocycles. The van der Waals surface area contributed by atoms with Gasteiger partial charge in [0, 0.05) is 19.7 Å². The molecule has 0 amide bonds. The number of benzene rings is 2. The fourth-order valence-electron chi connectivity index (χ4n) is 3.22. The molecular formula is C22H20N4O. The SMILES string of the molecule is CCc1nc2cccc(/C=C/c3ccn(C)n3)c2c(=O)n1-c1ccccc1. The highest BCUT2D eigenvalue weighted by Gasteiger charge is 2.13. The molecule has 4 rings (SSSR count). The minimum Gasteiger partial charge on any atom is -0.275 e. The van der Waals surface area contributed by atoms with Crippen LogP contribution in [0.1, 0.15) is 24.0 Å². The van der Waals surface area contributed by atoms with E-state index in [1.807, 2.05) is 86.9 Å². The molecule has 2 aromatic heterocycles. The van der Waals surface area contributed by atoms with Crippen molar-refractivity contribution in [2.45, 2.75) is 13.3 Å². The van der Waals surface area contributed by atoms with E-state index < -0.39 is 0 Å². The predicted octanol–water partition coefficient (Wildman–Crippen LogP) is 3.85. The molecular weight excluding hydrogens is 336 g/mol. The van der Waals surface area contributed by atoms with Crippen LogP contribution in [0.3, 0.4) is 0 Å². The second-order valence-electron chi connectivity index (χ2n) is 6.35. The summed E-state index contributed by atoms with van der Waals surface area (Å²) in [6.07, 6.45) is 6.40. The average molecular weight is 356 g/mol. The quantitative estimate of drug-likeness (QED) is 0.558. The summed E-state index contributed by atoms with van der Waals surface area (Å²) in [7, 11) is 1.88. The molecule has 5 heteroatoms. The van der Waals surface area contributed by atoms with Crippen LogP contribution in [0.4, 0.5) is 0 Å². The van der Waals surface area contributed by atoms with Gasteiger partial charge in [-0.1, -0.05) is 43.3 Å². The predicted molar refractivity (Wildman–Crippen MR) is 109 cm³/mol. The van der Waals surface area contributed by atoms with E-state index in [-0.39, 0.29) is 5.56 Å². The van der Waals surface area contributed by atoms with Gasteiger partial charge < -0.3 is 0 Å². The topological polar surface area (TPSA) is 52.7 Å². The van der Waals surface area contributed by atoms with E-state index in [0.29, 0.717) is 17.3 Å². The molecule has 134 valence electrons. The Morgan fingerprint density at radius 3 is 2.52 bits per heavy atom. The Kier molecular flexibility index (Phi) is 4.42. The summed E-state index contributed by atoms with van der Waals surface area (Å²) in [4.78, 5) is 18.2. The van der Waals surface area contributed by atoms with Crippen LogP contribution in [0.25, 0.3) is 28.7 Å². The third-order valence-corrected chi connectivity index (χ3v) is 4.50. The highest BCUT2D eigenvalue weighted by molar-refractivity contribution is 5.90. The van der Waals surface area contributed by atoms with E-state index in [2.05, 4.69) is 5.10 Å². The lowest BCUT2D eigenvalue weighted by Crippen LogP contribution is -2.24. The smallest absolute Gasteiger partial charge is 0.266 e. The van der Waals surface area contributed by atoms with Crippen molar-refractivity contribution in [3.8, 4) is 5.69 Å². The van der Waals surface area contributed by atoms with Crippen molar-refractivity contribution >= 4 is 23.1 Å². The minimum absolute atomic E-state index is 0.0516. The number of aryl methyl sites for hydroxylation is 2. The number of hydrogen-bond acceptors (Lipinski definition) is 3. The van der Waals surface area contributed by atoms with E-state index in [0.717, 1.165) is 22.8 Å². The first kappa shape index (κ1) is 17.0. The molecule has 0 fully saturated rings. The summed E-state index contributed by atoms with van der Waals surface area (Å²) in [6, 6.07) is 17.3. The lowest BCUT2D eigenvalue weighted by molar-refractivity contribution is 0.765. The summed E-state index contributed by atoms with van der Waals surface area (Å²) >= 11 is 0. The maximum Gasteiger partial charge on any atom is 0.266 e. The maximum absolute atomic E-state index is 13.4. The molecule has 27 heavy (non-hydrogen) atoms. The molecule has 2 aromatic carbocycles. The van der Waals surface area contributed by atoms with E-state index in [4.69, 9.17) is 4.98 Å². The zero-order chi connectivity index (χ0) is 18.8. The van der Waals surface area contributed by atoms with Crippen molar-refractivity contribution in [1.29, 1.82) is 0 Å². The van der Waals surface area contributed by atoms with Crippen LogP contribution in [0.2, 0.25) is 0 Å². The van der Waals surface area contributed by atoms with Crippen LogP contribution in [0, 0.1) is 0 Å². The molecule has 0 saturated carbocycles. The van der Waals surface area contributed by atoms with Crippen LogP contribution < -0.4 is 5.56 Å². The molecule has 0 atom stereocenters. The van der Waals surface area contributed by atoms with E-state index in [1.54, 1.807) is 9.25 Å². The normalized spacial score (nSPS) is 11.5. The largest absolute Gasteiger partial charge is 0.275 e. The fourth-order valence-corrected chi connectivity index (χ4v) is 3.22. The Bertz CT molecular complexity index is 1190. The number of hydrogen-bond donors (Lipinski definition) is 0. The number of fused-ring (bicyclic) bond motifs is 1. The summed E-state index contributed by atoms with van der Waals surface area (Å²) < 4.78 is 3.46. The third-order valence-electron chi connectivity index (χ3n) is 4.50. The zero-order valence-electron chi connectivity index (χ0n) is 15.3. The Balaban J connectivity index is 1.94. The summed E-state index contributed by atoms with van der Waals surface area (Å²) in [5.74, 6) is 0.754. The van der Waals surface area contributed by atoms with Gasteiger partial charge in [0.2, 0.25) is 0 Å². The van der Waals surface area contributed by atoms with Crippen molar-refractivity contribution in [2.75, 3.05) is 0 Å². The van der Waals surface area contributed by atoms with Gasteiger partial charge in [0.05, 0.1) is 22.3 Å². The highest BCUT2D eigenvalue weighted by Crippen LogP contribution is 2.19. The van der Waals surface area contributed by atoms with Crippen LogP contribution >= 0.6 is 0 Å². The Labute approximate surface area is 157 Å². The Morgan fingerprint density at radius 1 is 1.00 bits per heavy atom. The molecule has 0 aliphatic carbocycles. The molecule has 5 nitrogen and oxygen atoms in total. The summed E-state index contributed by atoms with van der Waals surface area (Å²) in [5.41, 5.74) is 3.17. The molecule has 0 aliphatic rings. The highest BCUT2D eigenvalue weighted by atomic mass is 16.1. The van der Waals surface area contributed by atoms with Crippen molar-refractivity contribution in [3.05, 3.63) is 88.2 Å². The van der Waals surface area contributed by atoms with Crippen molar-refractivity contribution in [3.63, 3.8) is 0 Å². The molecule has 0 bridgehead atoms. The molecule has 0 unspecified atom stereocenters. The van der Waals surface area contributed by atoms with Gasteiger partial charge >= 0.3 is 0 Å². The first-order chi connectivity index (χ1) is 13.2. The number of nitrogens with zero attached hydrogens (tertiary/aromatic N) is 4. The third kappa shape index (κ3) is 3.19. The van der Waals surface area contributed by atoms with Gasteiger partial charge in [-0.05, 0) is 35.9 Å². The molecule has 0 spiro atoms. The van der Waals surface area contributed by atoms with Gasteiger partial charge in [0.25, 0.3) is 5.56 Å². The maximum atomic E-state index is 13.4. The van der Waals surface area contributed by atoms with Crippen molar-refractivity contribution < 1.29 is 0 Å². The minimum atomic E-state index is -0.0516. The van der Waals surface area contributed by atoms with Crippen LogP contribution in [-0.4, -0.2) is 19.3 Å². The van der Waals surface area contributed by atoms with Crippen molar-refractivity contribution in [2.24, 2.45) is 7.05 Å². The first-order valence-electron chi connectivity index (χ1n) is 8.95. The zero-order valence-corrected chi connectivity index (χ0v) is 15.3. The van der Waals surface area contributed by atoms with Gasteiger partial charge in [0.15, 0.2) is 0 Å². The van der Waals surface area contributed by atoms with Crippen LogP contribution in [0.5, 0.6) is 0 Å². The van der Waals surface area contributed by atoms with Gasteiger partial charge in [0.1, 0.15) is 5.82 Å². The monoisotopic (exact) mass is 356 g/mol. The molecule has 0 saturated heterocycles. The van der Waals surface area contributed by atoms with E-state index >= 15 is 0 Å². The van der Waals surface area contributed by atoms with E-state index in [1.165, 1.54) is 0 Å². The Morgan fingerprint density at radius 2 is 1.81 bits per heavy atom. The van der Waals surface area contributed by atoms with Gasteiger partial charge in [-0.2, -0.15) is 5.10 Å². The van der Waals surface area contributed by atoms with Crippen molar-refractivity contribution in [1.82, 2.24) is 19.3 Å². The number of rotatable bonds is 4. The second-order valence-corrected chi connectivity index (χ2v) is 6.35. The van der Waals surface area contributed by atoms with Crippen LogP contribution in [0.15, 0.2) is 65.6 Å². The number of para-hydroxylation sites is 1. The molecule has 4 aromatic rings. The number of aromatic nitrogens is 4. The Hall–Kier alpha value is -3.47. The fraction of sp³-hybridized carbons (Fsp3) is 0.136. The summed E-state index contributed by atoms with van der Waals surface area (Å²) in [6.45, 7) is 2.01. The molecule has 0 N–H and O–H groups in total. The lowest BCUT2D eigenvalue weighted by atomic mass is 10.1. The second kappa shape index (κ2) is 7.03. The average Bonchev–Trinajstić information content (AvgIpc) is 3.11. The van der Waals surface area contributed by atoms with Gasteiger partial charge in [-0.3, -0.25) is 14.0 Å². The van der Waals surface area contributed by atoms with Gasteiger partial charge in [-0.15, -0.1) is 0 Å².